The van der Waals surface area contributed by atoms with E-state index in [2.05, 4.69) is 22.0 Å². The lowest BCUT2D eigenvalue weighted by molar-refractivity contribution is 0.332. The van der Waals surface area contributed by atoms with Crippen LogP contribution in [0, 0.1) is 0 Å². The summed E-state index contributed by atoms with van der Waals surface area (Å²) in [7, 11) is 0. The first-order valence-corrected chi connectivity index (χ1v) is 7.61. The number of benzene rings is 1. The number of ether oxygens (including phenoxy) is 1. The number of rotatable bonds is 2. The molecule has 2 N–H and O–H groups in total. The summed E-state index contributed by atoms with van der Waals surface area (Å²) in [6.45, 7) is 3.54. The molecule has 2 heterocycles. The van der Waals surface area contributed by atoms with Crippen molar-refractivity contribution < 1.29 is 4.74 Å². The number of nitrogens with zero attached hydrogens (tertiary/aromatic N) is 2. The van der Waals surface area contributed by atoms with Gasteiger partial charge >= 0.3 is 0 Å². The lowest BCUT2D eigenvalue weighted by Gasteiger charge is -2.21. The Morgan fingerprint density at radius 3 is 2.75 bits per heavy atom. The van der Waals surface area contributed by atoms with E-state index in [4.69, 9.17) is 10.5 Å². The van der Waals surface area contributed by atoms with Gasteiger partial charge in [0.15, 0.2) is 5.96 Å². The second-order valence-electron chi connectivity index (χ2n) is 5.65. The summed E-state index contributed by atoms with van der Waals surface area (Å²) in [5, 5.41) is 0. The van der Waals surface area contributed by atoms with Crippen LogP contribution in [0.3, 0.4) is 0 Å². The zero-order valence-corrected chi connectivity index (χ0v) is 11.9. The first-order chi connectivity index (χ1) is 9.84. The number of guanidine groups is 1. The third kappa shape index (κ3) is 2.89. The molecule has 0 saturated carbocycles. The molecule has 0 aromatic heterocycles. The second kappa shape index (κ2) is 6.16. The van der Waals surface area contributed by atoms with E-state index in [0.717, 1.165) is 32.0 Å². The minimum Gasteiger partial charge on any atom is -0.493 e. The number of aliphatic imine (C=N–C) groups is 1. The Morgan fingerprint density at radius 1 is 1.20 bits per heavy atom. The van der Waals surface area contributed by atoms with Gasteiger partial charge in [0.1, 0.15) is 5.75 Å². The molecule has 1 fully saturated rings. The number of hydrogen-bond donors (Lipinski definition) is 1. The van der Waals surface area contributed by atoms with E-state index in [1.807, 2.05) is 12.1 Å². The molecule has 0 radical (unpaired) electrons. The number of hydrogen-bond acceptors (Lipinski definition) is 2. The molecule has 108 valence electrons. The van der Waals surface area contributed by atoms with Gasteiger partial charge in [0.05, 0.1) is 13.2 Å². The van der Waals surface area contributed by atoms with E-state index in [-0.39, 0.29) is 0 Å². The van der Waals surface area contributed by atoms with Crippen LogP contribution in [0.15, 0.2) is 29.3 Å². The molecule has 3 rings (SSSR count). The monoisotopic (exact) mass is 273 g/mol. The van der Waals surface area contributed by atoms with Crippen LogP contribution < -0.4 is 10.5 Å². The highest BCUT2D eigenvalue weighted by atomic mass is 16.5. The Kier molecular flexibility index (Phi) is 4.09. The highest BCUT2D eigenvalue weighted by Gasteiger charge is 2.23. The molecule has 0 spiro atoms. The molecular formula is C16H23N3O. The molecule has 1 saturated heterocycles. The van der Waals surface area contributed by atoms with Crippen molar-refractivity contribution in [3.8, 4) is 5.75 Å². The molecule has 2 aliphatic rings. The average Bonchev–Trinajstić information content (AvgIpc) is 2.70. The maximum absolute atomic E-state index is 6.15. The van der Waals surface area contributed by atoms with Gasteiger partial charge in [0, 0.05) is 24.6 Å². The summed E-state index contributed by atoms with van der Waals surface area (Å²) in [6, 6.07) is 8.22. The fourth-order valence-electron chi connectivity index (χ4n) is 2.98. The largest absolute Gasteiger partial charge is 0.493 e. The first-order valence-electron chi connectivity index (χ1n) is 7.61. The minimum atomic E-state index is 0.344. The first kappa shape index (κ1) is 13.3. The van der Waals surface area contributed by atoms with Crippen molar-refractivity contribution in [2.45, 2.75) is 31.6 Å². The standard InChI is InChI=1S/C16H23N3O/c17-16(19-9-5-1-2-6-10-19)18-11-13-12-20-15-8-4-3-7-14(13)15/h3-4,7-8,13H,1-2,5-6,9-12H2,(H2,17,18). The molecular weight excluding hydrogens is 250 g/mol. The summed E-state index contributed by atoms with van der Waals surface area (Å²) < 4.78 is 5.69. The van der Waals surface area contributed by atoms with Crippen molar-refractivity contribution in [3.63, 3.8) is 0 Å². The summed E-state index contributed by atoms with van der Waals surface area (Å²) in [5.74, 6) is 2.05. The average molecular weight is 273 g/mol. The molecule has 1 aromatic rings. The van der Waals surface area contributed by atoms with Gasteiger partial charge in [-0.1, -0.05) is 31.0 Å². The minimum absolute atomic E-state index is 0.344. The molecule has 2 aliphatic heterocycles. The molecule has 0 amide bonds. The Labute approximate surface area is 120 Å². The van der Waals surface area contributed by atoms with E-state index in [1.54, 1.807) is 0 Å². The van der Waals surface area contributed by atoms with Gasteiger partial charge in [-0.15, -0.1) is 0 Å². The van der Waals surface area contributed by atoms with Crippen molar-refractivity contribution >= 4 is 5.96 Å². The van der Waals surface area contributed by atoms with Crippen LogP contribution in [-0.4, -0.2) is 37.1 Å². The molecule has 4 heteroatoms. The van der Waals surface area contributed by atoms with Gasteiger partial charge in [0.2, 0.25) is 0 Å². The van der Waals surface area contributed by atoms with Crippen LogP contribution in [0.4, 0.5) is 0 Å². The fraction of sp³-hybridized carbons (Fsp3) is 0.562. The Morgan fingerprint density at radius 2 is 1.95 bits per heavy atom. The van der Waals surface area contributed by atoms with Crippen molar-refractivity contribution in [3.05, 3.63) is 29.8 Å². The van der Waals surface area contributed by atoms with Crippen LogP contribution in [0.5, 0.6) is 5.75 Å². The second-order valence-corrected chi connectivity index (χ2v) is 5.65. The highest BCUT2D eigenvalue weighted by Crippen LogP contribution is 2.33. The van der Waals surface area contributed by atoms with Gasteiger partial charge in [-0.25, -0.2) is 0 Å². The Hall–Kier alpha value is -1.71. The SMILES string of the molecule is NC(=NCC1COc2ccccc21)N1CCCCCC1. The van der Waals surface area contributed by atoms with Gasteiger partial charge in [-0.05, 0) is 18.9 Å². The van der Waals surface area contributed by atoms with Crippen molar-refractivity contribution in [1.29, 1.82) is 0 Å². The summed E-state index contributed by atoms with van der Waals surface area (Å²) in [6.07, 6.45) is 5.08. The van der Waals surface area contributed by atoms with Crippen molar-refractivity contribution in [2.24, 2.45) is 10.7 Å². The molecule has 1 aromatic carbocycles. The zero-order chi connectivity index (χ0) is 13.8. The summed E-state index contributed by atoms with van der Waals surface area (Å²) in [5.41, 5.74) is 7.41. The van der Waals surface area contributed by atoms with Gasteiger partial charge in [-0.2, -0.15) is 0 Å². The normalized spacial score (nSPS) is 23.1. The summed E-state index contributed by atoms with van der Waals surface area (Å²) >= 11 is 0. The maximum Gasteiger partial charge on any atom is 0.191 e. The molecule has 1 atom stereocenters. The molecule has 4 nitrogen and oxygen atoms in total. The number of nitrogens with two attached hydrogens (primary N) is 1. The molecule has 20 heavy (non-hydrogen) atoms. The van der Waals surface area contributed by atoms with Gasteiger partial charge in [-0.3, -0.25) is 4.99 Å². The van der Waals surface area contributed by atoms with Crippen LogP contribution in [0.25, 0.3) is 0 Å². The van der Waals surface area contributed by atoms with Gasteiger partial charge in [0.25, 0.3) is 0 Å². The topological polar surface area (TPSA) is 50.9 Å². The lowest BCUT2D eigenvalue weighted by Crippen LogP contribution is -2.38. The highest BCUT2D eigenvalue weighted by molar-refractivity contribution is 5.78. The third-order valence-corrected chi connectivity index (χ3v) is 4.20. The fourth-order valence-corrected chi connectivity index (χ4v) is 2.98. The lowest BCUT2D eigenvalue weighted by atomic mass is 10.0. The predicted octanol–water partition coefficient (Wildman–Crippen LogP) is 2.35. The Balaban J connectivity index is 1.62. The van der Waals surface area contributed by atoms with E-state index >= 15 is 0 Å². The Bertz CT molecular complexity index is 478. The van der Waals surface area contributed by atoms with E-state index in [0.29, 0.717) is 11.9 Å². The van der Waals surface area contributed by atoms with Crippen molar-refractivity contribution in [2.75, 3.05) is 26.2 Å². The van der Waals surface area contributed by atoms with Crippen LogP contribution in [-0.2, 0) is 0 Å². The number of para-hydroxylation sites is 1. The van der Waals surface area contributed by atoms with Crippen LogP contribution in [0.1, 0.15) is 37.2 Å². The van der Waals surface area contributed by atoms with E-state index < -0.39 is 0 Å². The third-order valence-electron chi connectivity index (χ3n) is 4.20. The van der Waals surface area contributed by atoms with Crippen LogP contribution >= 0.6 is 0 Å². The molecule has 0 aliphatic carbocycles. The van der Waals surface area contributed by atoms with E-state index in [9.17, 15) is 0 Å². The van der Waals surface area contributed by atoms with Crippen molar-refractivity contribution in [1.82, 2.24) is 4.90 Å². The van der Waals surface area contributed by atoms with Gasteiger partial charge < -0.3 is 15.4 Å². The quantitative estimate of drug-likeness (QED) is 0.665. The number of likely N-dealkylation sites (tertiary alicyclic amines) is 1. The number of fused-ring (bicyclic) bond motifs is 1. The predicted molar refractivity (Wildman–Crippen MR) is 81.2 cm³/mol. The smallest absolute Gasteiger partial charge is 0.191 e. The molecule has 0 bridgehead atoms. The zero-order valence-electron chi connectivity index (χ0n) is 11.9. The van der Waals surface area contributed by atoms with Crippen LogP contribution in [0.2, 0.25) is 0 Å². The summed E-state index contributed by atoms with van der Waals surface area (Å²) in [4.78, 5) is 6.84. The van der Waals surface area contributed by atoms with E-state index in [1.165, 1.54) is 31.2 Å². The molecule has 1 unspecified atom stereocenters. The maximum atomic E-state index is 6.15.